The minimum Gasteiger partial charge on any atom is -0.497 e. The first-order valence-electron chi connectivity index (χ1n) is 14.0. The number of nitrogens with zero attached hydrogens (tertiary/aromatic N) is 1. The van der Waals surface area contributed by atoms with Gasteiger partial charge in [-0.1, -0.05) is 23.7 Å². The molecule has 44 heavy (non-hydrogen) atoms. The number of alkyl halides is 3. The molecule has 0 radical (unpaired) electrons. The van der Waals surface area contributed by atoms with E-state index in [9.17, 15) is 22.8 Å². The van der Waals surface area contributed by atoms with Gasteiger partial charge in [-0.25, -0.2) is 0 Å². The van der Waals surface area contributed by atoms with Gasteiger partial charge in [0.2, 0.25) is 0 Å². The summed E-state index contributed by atoms with van der Waals surface area (Å²) in [6.07, 6.45) is -2.94. The molecular weight excluding hydrogens is 601 g/mol. The van der Waals surface area contributed by atoms with Crippen molar-refractivity contribution in [1.82, 2.24) is 0 Å². The Morgan fingerprint density at radius 3 is 2.34 bits per heavy atom. The first-order valence-corrected chi connectivity index (χ1v) is 14.4. The molecule has 0 aromatic heterocycles. The number of carbonyl (C=O) groups excluding carboxylic acids is 2. The summed E-state index contributed by atoms with van der Waals surface area (Å²) in [6.45, 7) is 0.583. The van der Waals surface area contributed by atoms with Crippen LogP contribution in [0.25, 0.3) is 0 Å². The molecule has 1 amide bonds. The van der Waals surface area contributed by atoms with E-state index in [1.807, 2.05) is 0 Å². The van der Waals surface area contributed by atoms with Crippen LogP contribution in [0.2, 0.25) is 5.02 Å². The van der Waals surface area contributed by atoms with Crippen LogP contribution in [-0.2, 0) is 26.9 Å². The van der Waals surface area contributed by atoms with Gasteiger partial charge in [-0.2, -0.15) is 13.2 Å². The third kappa shape index (κ3) is 6.67. The summed E-state index contributed by atoms with van der Waals surface area (Å²) in [5.41, 5.74) is 0.878. The monoisotopic (exact) mass is 632 g/mol. The number of hydrogen-bond donors (Lipinski definition) is 1. The number of anilines is 2. The lowest BCUT2D eigenvalue weighted by Crippen LogP contribution is -2.37. The van der Waals surface area contributed by atoms with Gasteiger partial charge in [0.05, 0.1) is 39.4 Å². The minimum absolute atomic E-state index is 0.119. The number of carbonyl (C=O) groups is 2. The van der Waals surface area contributed by atoms with Crippen molar-refractivity contribution in [1.29, 1.82) is 0 Å². The van der Waals surface area contributed by atoms with E-state index in [1.165, 1.54) is 32.3 Å². The molecule has 12 heteroatoms. The first kappa shape index (κ1) is 31.3. The molecule has 1 fully saturated rings. The maximum absolute atomic E-state index is 14.1. The SMILES string of the molecule is COC(=O)C1CC(COc2cc(NC(C(=O)N3CCc4cc(OC)c(C(F)(F)F)cc43)c3ccc(Cl)cc3)cc(OC)c2)C1. The molecule has 0 saturated heterocycles. The highest BCUT2D eigenvalue weighted by Crippen LogP contribution is 2.43. The van der Waals surface area contributed by atoms with E-state index in [1.54, 1.807) is 42.5 Å². The average Bonchev–Trinajstić information content (AvgIpc) is 3.41. The molecule has 3 aromatic carbocycles. The van der Waals surface area contributed by atoms with Crippen LogP contribution in [0.3, 0.4) is 0 Å². The third-order valence-electron chi connectivity index (χ3n) is 8.00. The van der Waals surface area contributed by atoms with E-state index < -0.39 is 23.7 Å². The average molecular weight is 633 g/mol. The number of fused-ring (bicyclic) bond motifs is 1. The van der Waals surface area contributed by atoms with Crippen molar-refractivity contribution < 1.29 is 41.7 Å². The fourth-order valence-corrected chi connectivity index (χ4v) is 5.73. The van der Waals surface area contributed by atoms with E-state index in [-0.39, 0.29) is 35.8 Å². The van der Waals surface area contributed by atoms with E-state index in [0.717, 1.165) is 6.07 Å². The van der Waals surface area contributed by atoms with Crippen molar-refractivity contribution in [3.8, 4) is 17.2 Å². The first-order chi connectivity index (χ1) is 21.0. The summed E-state index contributed by atoms with van der Waals surface area (Å²) in [7, 11) is 4.07. The highest BCUT2D eigenvalue weighted by Gasteiger charge is 2.39. The van der Waals surface area contributed by atoms with E-state index in [4.69, 9.17) is 30.5 Å². The maximum atomic E-state index is 14.1. The molecule has 234 valence electrons. The zero-order chi connectivity index (χ0) is 31.6. The Morgan fingerprint density at radius 1 is 1.00 bits per heavy atom. The minimum atomic E-state index is -4.66. The standard InChI is InChI=1S/C32H32ClF3N2O6/c1-41-24-13-23(14-25(15-24)44-17-18-10-21(11-18)31(40)43-3)37-29(19-4-6-22(33)7-5-19)30(39)38-9-8-20-12-28(42-2)26(16-27(20)38)32(34,35)36/h4-7,12-16,18,21,29,37H,8-11,17H2,1-3H3. The molecule has 1 unspecified atom stereocenters. The Labute approximate surface area is 258 Å². The van der Waals surface area contributed by atoms with Crippen molar-refractivity contribution in [3.63, 3.8) is 0 Å². The van der Waals surface area contributed by atoms with Crippen LogP contribution in [0, 0.1) is 11.8 Å². The topological polar surface area (TPSA) is 86.3 Å². The lowest BCUT2D eigenvalue weighted by molar-refractivity contribution is -0.150. The number of halogens is 4. The number of rotatable bonds is 10. The summed E-state index contributed by atoms with van der Waals surface area (Å²) in [5, 5.41) is 3.72. The van der Waals surface area contributed by atoms with Gasteiger partial charge in [0.15, 0.2) is 0 Å². The molecule has 1 heterocycles. The van der Waals surface area contributed by atoms with Crippen LogP contribution >= 0.6 is 11.6 Å². The molecule has 3 aromatic rings. The number of ether oxygens (including phenoxy) is 4. The molecule has 1 saturated carbocycles. The smallest absolute Gasteiger partial charge is 0.420 e. The van der Waals surface area contributed by atoms with Gasteiger partial charge in [0.25, 0.3) is 5.91 Å². The zero-order valence-electron chi connectivity index (χ0n) is 24.4. The third-order valence-corrected chi connectivity index (χ3v) is 8.25. The van der Waals surface area contributed by atoms with Gasteiger partial charge in [-0.15, -0.1) is 0 Å². The molecule has 2 aliphatic rings. The molecule has 5 rings (SSSR count). The van der Waals surface area contributed by atoms with Gasteiger partial charge in [0.1, 0.15) is 23.3 Å². The second kappa shape index (κ2) is 12.9. The van der Waals surface area contributed by atoms with Crippen LogP contribution in [0.15, 0.2) is 54.6 Å². The van der Waals surface area contributed by atoms with Crippen molar-refractivity contribution in [3.05, 3.63) is 76.3 Å². The molecule has 1 aliphatic carbocycles. The van der Waals surface area contributed by atoms with Gasteiger partial charge in [-0.05, 0) is 60.6 Å². The van der Waals surface area contributed by atoms with Gasteiger partial charge in [-0.3, -0.25) is 9.59 Å². The second-order valence-corrected chi connectivity index (χ2v) is 11.2. The predicted octanol–water partition coefficient (Wildman–Crippen LogP) is 6.70. The highest BCUT2D eigenvalue weighted by molar-refractivity contribution is 6.30. The number of methoxy groups -OCH3 is 3. The number of hydrogen-bond acceptors (Lipinski definition) is 7. The van der Waals surface area contributed by atoms with Gasteiger partial charge in [0, 0.05) is 41.1 Å². The number of esters is 1. The zero-order valence-corrected chi connectivity index (χ0v) is 25.1. The summed E-state index contributed by atoms with van der Waals surface area (Å²) < 4.78 is 62.8. The maximum Gasteiger partial charge on any atom is 0.420 e. The van der Waals surface area contributed by atoms with Crippen molar-refractivity contribution in [2.45, 2.75) is 31.5 Å². The summed E-state index contributed by atoms with van der Waals surface area (Å²) in [6, 6.07) is 13.1. The van der Waals surface area contributed by atoms with Gasteiger partial charge < -0.3 is 29.2 Å². The molecule has 0 spiro atoms. The lowest BCUT2D eigenvalue weighted by atomic mass is 9.75. The van der Waals surface area contributed by atoms with Gasteiger partial charge >= 0.3 is 12.1 Å². The fraction of sp³-hybridized carbons (Fsp3) is 0.375. The molecule has 1 N–H and O–H groups in total. The molecule has 0 bridgehead atoms. The lowest BCUT2D eigenvalue weighted by Gasteiger charge is -2.33. The van der Waals surface area contributed by atoms with E-state index >= 15 is 0 Å². The molecule has 1 atom stereocenters. The number of benzene rings is 3. The van der Waals surface area contributed by atoms with Crippen LogP contribution in [-0.4, -0.2) is 46.4 Å². The van der Waals surface area contributed by atoms with Crippen molar-refractivity contribution >= 4 is 34.9 Å². The van der Waals surface area contributed by atoms with Crippen molar-refractivity contribution in [2.75, 3.05) is 44.7 Å². The molecule has 8 nitrogen and oxygen atoms in total. The summed E-state index contributed by atoms with van der Waals surface area (Å²) in [4.78, 5) is 27.2. The Balaban J connectivity index is 1.42. The largest absolute Gasteiger partial charge is 0.497 e. The Kier molecular flexibility index (Phi) is 9.15. The predicted molar refractivity (Wildman–Crippen MR) is 159 cm³/mol. The van der Waals surface area contributed by atoms with Crippen LogP contribution in [0.4, 0.5) is 24.5 Å². The Bertz CT molecular complexity index is 1530. The highest BCUT2D eigenvalue weighted by atomic mass is 35.5. The van der Waals surface area contributed by atoms with Crippen LogP contribution < -0.4 is 24.4 Å². The van der Waals surface area contributed by atoms with E-state index in [2.05, 4.69) is 5.32 Å². The quantitative estimate of drug-likeness (QED) is 0.249. The number of nitrogens with one attached hydrogen (secondary N) is 1. The van der Waals surface area contributed by atoms with Crippen molar-refractivity contribution in [2.24, 2.45) is 11.8 Å². The Hall–Kier alpha value is -4.12. The molecule has 1 aliphatic heterocycles. The summed E-state index contributed by atoms with van der Waals surface area (Å²) in [5.74, 6) is 0.0849. The van der Waals surface area contributed by atoms with E-state index in [0.29, 0.717) is 59.2 Å². The fourth-order valence-electron chi connectivity index (χ4n) is 5.60. The second-order valence-electron chi connectivity index (χ2n) is 10.8. The normalized spacial score (nSPS) is 18.1. The Morgan fingerprint density at radius 2 is 1.70 bits per heavy atom. The molecular formula is C32H32ClF3N2O6. The van der Waals surface area contributed by atoms with Crippen LogP contribution in [0.1, 0.15) is 35.6 Å². The summed E-state index contributed by atoms with van der Waals surface area (Å²) >= 11 is 6.12. The van der Waals surface area contributed by atoms with Crippen LogP contribution in [0.5, 0.6) is 17.2 Å². The number of amides is 1.